The molecule has 0 aliphatic carbocycles. The summed E-state index contributed by atoms with van der Waals surface area (Å²) in [7, 11) is 0. The molecule has 0 amide bonds. The molecule has 76 valence electrons. The fraction of sp³-hybridized carbons (Fsp3) is 0.0909. The van der Waals surface area contributed by atoms with Crippen LogP contribution in [0.4, 0.5) is 0 Å². The van der Waals surface area contributed by atoms with E-state index in [4.69, 9.17) is 0 Å². The zero-order valence-electron chi connectivity index (χ0n) is 7.93. The lowest BCUT2D eigenvalue weighted by molar-refractivity contribution is 0.755. The molecule has 2 aromatic heterocycles. The van der Waals surface area contributed by atoms with Crippen LogP contribution in [-0.2, 0) is 6.54 Å². The van der Waals surface area contributed by atoms with Gasteiger partial charge in [-0.3, -0.25) is 9.78 Å². The summed E-state index contributed by atoms with van der Waals surface area (Å²) in [5.41, 5.74) is 1.06. The maximum Gasteiger partial charge on any atom is 0.250 e. The summed E-state index contributed by atoms with van der Waals surface area (Å²) in [5.74, 6) is 0. The van der Waals surface area contributed by atoms with Crippen molar-refractivity contribution in [2.45, 2.75) is 6.54 Å². The largest absolute Gasteiger partial charge is 0.310 e. The van der Waals surface area contributed by atoms with Crippen LogP contribution < -0.4 is 5.56 Å². The van der Waals surface area contributed by atoms with Gasteiger partial charge < -0.3 is 4.57 Å². The summed E-state index contributed by atoms with van der Waals surface area (Å²) in [6.07, 6.45) is 5.22. The summed E-state index contributed by atoms with van der Waals surface area (Å²) >= 11 is 3.34. The lowest BCUT2D eigenvalue weighted by atomic mass is 10.2. The summed E-state index contributed by atoms with van der Waals surface area (Å²) in [6, 6.07) is 7.08. The number of pyridine rings is 2. The first kappa shape index (κ1) is 10.1. The zero-order chi connectivity index (χ0) is 10.7. The molecule has 0 spiro atoms. The first-order valence-electron chi connectivity index (χ1n) is 4.50. The molecule has 3 nitrogen and oxygen atoms in total. The molecule has 0 aliphatic rings. The van der Waals surface area contributed by atoms with Crippen molar-refractivity contribution in [2.24, 2.45) is 0 Å². The second-order valence-corrected chi connectivity index (χ2v) is 4.08. The maximum atomic E-state index is 11.5. The number of nitrogens with zero attached hydrogens (tertiary/aromatic N) is 2. The third-order valence-corrected chi connectivity index (χ3v) is 2.52. The van der Waals surface area contributed by atoms with Gasteiger partial charge in [0.05, 0.1) is 6.54 Å². The van der Waals surface area contributed by atoms with Gasteiger partial charge in [-0.25, -0.2) is 0 Å². The Bertz CT molecular complexity index is 507. The number of rotatable bonds is 2. The van der Waals surface area contributed by atoms with E-state index in [0.717, 1.165) is 10.0 Å². The Balaban J connectivity index is 2.32. The maximum absolute atomic E-state index is 11.5. The third kappa shape index (κ3) is 2.53. The average molecular weight is 265 g/mol. The van der Waals surface area contributed by atoms with Gasteiger partial charge in [-0.2, -0.15) is 0 Å². The van der Waals surface area contributed by atoms with E-state index >= 15 is 0 Å². The van der Waals surface area contributed by atoms with E-state index in [0.29, 0.717) is 6.54 Å². The van der Waals surface area contributed by atoms with Crippen LogP contribution in [0.1, 0.15) is 5.56 Å². The minimum Gasteiger partial charge on any atom is -0.310 e. The summed E-state index contributed by atoms with van der Waals surface area (Å²) < 4.78 is 2.55. The van der Waals surface area contributed by atoms with Gasteiger partial charge >= 0.3 is 0 Å². The van der Waals surface area contributed by atoms with Crippen LogP contribution in [0, 0.1) is 0 Å². The lowest BCUT2D eigenvalue weighted by Gasteiger charge is -2.05. The molecular formula is C11H9BrN2O. The van der Waals surface area contributed by atoms with Gasteiger partial charge in [0.15, 0.2) is 0 Å². The highest BCUT2D eigenvalue weighted by atomic mass is 79.9. The standard InChI is InChI=1S/C11H9BrN2O/c12-10-1-2-11(15)14(8-10)7-9-3-5-13-6-4-9/h1-6,8H,7H2. The van der Waals surface area contributed by atoms with Crippen LogP contribution in [0.5, 0.6) is 0 Å². The fourth-order valence-corrected chi connectivity index (χ4v) is 1.69. The second kappa shape index (κ2) is 4.40. The Kier molecular flexibility index (Phi) is 2.97. The average Bonchev–Trinajstić information content (AvgIpc) is 2.25. The molecule has 0 aliphatic heterocycles. The van der Waals surface area contributed by atoms with E-state index in [1.54, 1.807) is 35.3 Å². The number of halogens is 1. The molecule has 0 bridgehead atoms. The Morgan fingerprint density at radius 3 is 2.67 bits per heavy atom. The normalized spacial score (nSPS) is 10.2. The van der Waals surface area contributed by atoms with E-state index in [1.165, 1.54) is 0 Å². The highest BCUT2D eigenvalue weighted by Crippen LogP contribution is 2.06. The second-order valence-electron chi connectivity index (χ2n) is 3.17. The molecule has 2 rings (SSSR count). The minimum atomic E-state index is -0.00462. The topological polar surface area (TPSA) is 34.9 Å². The van der Waals surface area contributed by atoms with Gasteiger partial charge in [0, 0.05) is 29.1 Å². The molecule has 2 aromatic rings. The van der Waals surface area contributed by atoms with Gasteiger partial charge in [0.1, 0.15) is 0 Å². The smallest absolute Gasteiger partial charge is 0.250 e. The van der Waals surface area contributed by atoms with Crippen LogP contribution in [0.2, 0.25) is 0 Å². The van der Waals surface area contributed by atoms with Crippen molar-refractivity contribution in [3.05, 3.63) is 63.2 Å². The van der Waals surface area contributed by atoms with Crippen molar-refractivity contribution in [3.8, 4) is 0 Å². The zero-order valence-corrected chi connectivity index (χ0v) is 9.52. The highest BCUT2D eigenvalue weighted by molar-refractivity contribution is 9.10. The summed E-state index contributed by atoms with van der Waals surface area (Å²) in [6.45, 7) is 0.570. The Morgan fingerprint density at radius 2 is 1.93 bits per heavy atom. The molecule has 15 heavy (non-hydrogen) atoms. The monoisotopic (exact) mass is 264 g/mol. The number of hydrogen-bond acceptors (Lipinski definition) is 2. The predicted molar refractivity (Wildman–Crippen MR) is 61.7 cm³/mol. The van der Waals surface area contributed by atoms with Gasteiger partial charge in [0.25, 0.3) is 5.56 Å². The first-order valence-corrected chi connectivity index (χ1v) is 5.30. The lowest BCUT2D eigenvalue weighted by Crippen LogP contribution is -2.18. The number of hydrogen-bond donors (Lipinski definition) is 0. The van der Waals surface area contributed by atoms with Crippen LogP contribution >= 0.6 is 15.9 Å². The molecule has 0 N–H and O–H groups in total. The molecule has 0 fully saturated rings. The third-order valence-electron chi connectivity index (χ3n) is 2.05. The molecule has 0 unspecified atom stereocenters. The number of aromatic nitrogens is 2. The molecular weight excluding hydrogens is 256 g/mol. The molecule has 2 heterocycles. The molecule has 0 saturated carbocycles. The summed E-state index contributed by atoms with van der Waals surface area (Å²) in [5, 5.41) is 0. The van der Waals surface area contributed by atoms with E-state index in [2.05, 4.69) is 20.9 Å². The van der Waals surface area contributed by atoms with Crippen molar-refractivity contribution < 1.29 is 0 Å². The first-order chi connectivity index (χ1) is 7.25. The molecule has 0 radical (unpaired) electrons. The van der Waals surface area contributed by atoms with E-state index in [-0.39, 0.29) is 5.56 Å². The van der Waals surface area contributed by atoms with Gasteiger partial charge in [-0.1, -0.05) is 0 Å². The van der Waals surface area contributed by atoms with Crippen LogP contribution in [0.15, 0.2) is 52.1 Å². The van der Waals surface area contributed by atoms with Crippen molar-refractivity contribution in [1.29, 1.82) is 0 Å². The van der Waals surface area contributed by atoms with Gasteiger partial charge in [-0.15, -0.1) is 0 Å². The Labute approximate surface area is 95.5 Å². The Morgan fingerprint density at radius 1 is 1.20 bits per heavy atom. The SMILES string of the molecule is O=c1ccc(Br)cn1Cc1ccncc1. The molecule has 0 saturated heterocycles. The van der Waals surface area contributed by atoms with E-state index in [1.807, 2.05) is 12.1 Å². The van der Waals surface area contributed by atoms with Crippen molar-refractivity contribution in [1.82, 2.24) is 9.55 Å². The van der Waals surface area contributed by atoms with Gasteiger partial charge in [-0.05, 0) is 39.7 Å². The van der Waals surface area contributed by atoms with Crippen molar-refractivity contribution >= 4 is 15.9 Å². The highest BCUT2D eigenvalue weighted by Gasteiger charge is 1.98. The van der Waals surface area contributed by atoms with Gasteiger partial charge in [0.2, 0.25) is 0 Å². The molecule has 4 heteroatoms. The fourth-order valence-electron chi connectivity index (χ4n) is 1.31. The molecule has 0 aromatic carbocycles. The van der Waals surface area contributed by atoms with Crippen molar-refractivity contribution in [2.75, 3.05) is 0 Å². The van der Waals surface area contributed by atoms with Crippen LogP contribution in [-0.4, -0.2) is 9.55 Å². The van der Waals surface area contributed by atoms with Crippen molar-refractivity contribution in [3.63, 3.8) is 0 Å². The minimum absolute atomic E-state index is 0.00462. The predicted octanol–water partition coefficient (Wildman–Crippen LogP) is 2.05. The van der Waals surface area contributed by atoms with Crippen LogP contribution in [0.25, 0.3) is 0 Å². The van der Waals surface area contributed by atoms with E-state index in [9.17, 15) is 4.79 Å². The summed E-state index contributed by atoms with van der Waals surface area (Å²) in [4.78, 5) is 15.4. The van der Waals surface area contributed by atoms with E-state index < -0.39 is 0 Å². The molecule has 0 atom stereocenters. The quantitative estimate of drug-likeness (QED) is 0.833. The Hall–Kier alpha value is -1.42. The van der Waals surface area contributed by atoms with Crippen LogP contribution in [0.3, 0.4) is 0 Å².